The van der Waals surface area contributed by atoms with Crippen molar-refractivity contribution in [2.24, 2.45) is 0 Å². The summed E-state index contributed by atoms with van der Waals surface area (Å²) >= 11 is 0. The van der Waals surface area contributed by atoms with Crippen molar-refractivity contribution in [2.75, 3.05) is 31.4 Å². The number of benzene rings is 2. The molecule has 37 heavy (non-hydrogen) atoms. The Morgan fingerprint density at radius 3 is 2.24 bits per heavy atom. The molecule has 2 amide bonds. The summed E-state index contributed by atoms with van der Waals surface area (Å²) in [5.41, 5.74) is 1.39. The molecular formula is C27H30N4O6. The van der Waals surface area contributed by atoms with Crippen LogP contribution in [0.15, 0.2) is 66.9 Å². The molecule has 0 saturated heterocycles. The Morgan fingerprint density at radius 1 is 0.946 bits per heavy atom. The molecule has 3 aromatic rings. The molecule has 194 valence electrons. The molecule has 4 N–H and O–H groups in total. The van der Waals surface area contributed by atoms with E-state index in [4.69, 9.17) is 9.47 Å². The van der Waals surface area contributed by atoms with Crippen LogP contribution in [0.5, 0.6) is 11.5 Å². The van der Waals surface area contributed by atoms with Crippen molar-refractivity contribution in [2.45, 2.75) is 25.3 Å². The molecule has 1 heterocycles. The predicted molar refractivity (Wildman–Crippen MR) is 139 cm³/mol. The third-order valence-corrected chi connectivity index (χ3v) is 5.49. The van der Waals surface area contributed by atoms with Crippen molar-refractivity contribution < 1.29 is 29.0 Å². The summed E-state index contributed by atoms with van der Waals surface area (Å²) in [7, 11) is 2.83. The molecule has 10 heteroatoms. The van der Waals surface area contributed by atoms with Gasteiger partial charge in [0.15, 0.2) is 0 Å². The molecule has 10 nitrogen and oxygen atoms in total. The van der Waals surface area contributed by atoms with Crippen LogP contribution in [0.3, 0.4) is 0 Å². The summed E-state index contributed by atoms with van der Waals surface area (Å²) in [6.07, 6.45) is 2.72. The zero-order valence-electron chi connectivity index (χ0n) is 20.7. The number of aromatic nitrogens is 1. The summed E-state index contributed by atoms with van der Waals surface area (Å²) in [6, 6.07) is 16.1. The first-order valence-corrected chi connectivity index (χ1v) is 11.7. The van der Waals surface area contributed by atoms with Crippen molar-refractivity contribution >= 4 is 29.3 Å². The molecule has 1 atom stereocenters. The number of nitrogens with zero attached hydrogens (tertiary/aromatic N) is 1. The molecule has 1 unspecified atom stereocenters. The predicted octanol–water partition coefficient (Wildman–Crippen LogP) is 3.36. The highest BCUT2D eigenvalue weighted by atomic mass is 16.5. The fourth-order valence-electron chi connectivity index (χ4n) is 3.62. The molecule has 0 saturated carbocycles. The third-order valence-electron chi connectivity index (χ3n) is 5.49. The highest BCUT2D eigenvalue weighted by Crippen LogP contribution is 2.28. The molecule has 0 aliphatic rings. The Labute approximate surface area is 215 Å². The number of methoxy groups -OCH3 is 2. The number of hydrogen-bond donors (Lipinski definition) is 4. The van der Waals surface area contributed by atoms with Gasteiger partial charge in [0, 0.05) is 31.3 Å². The minimum atomic E-state index is -1.19. The molecule has 0 spiro atoms. The van der Waals surface area contributed by atoms with E-state index in [0.29, 0.717) is 30.6 Å². The number of pyridine rings is 1. The van der Waals surface area contributed by atoms with Gasteiger partial charge in [-0.2, -0.15) is 0 Å². The number of aliphatic carboxylic acids is 1. The zero-order chi connectivity index (χ0) is 26.6. The van der Waals surface area contributed by atoms with Crippen LogP contribution in [-0.4, -0.2) is 54.7 Å². The lowest BCUT2D eigenvalue weighted by Crippen LogP contribution is -2.42. The lowest BCUT2D eigenvalue weighted by Gasteiger charge is -2.17. The summed E-state index contributed by atoms with van der Waals surface area (Å²) < 4.78 is 10.5. The number of carbonyl (C=O) groups is 3. The summed E-state index contributed by atoms with van der Waals surface area (Å²) in [4.78, 5) is 41.2. The van der Waals surface area contributed by atoms with Crippen molar-refractivity contribution in [3.05, 3.63) is 78.0 Å². The van der Waals surface area contributed by atoms with E-state index in [0.717, 1.165) is 5.82 Å². The second-order valence-electron chi connectivity index (χ2n) is 8.10. The van der Waals surface area contributed by atoms with E-state index < -0.39 is 17.9 Å². The second-order valence-corrected chi connectivity index (χ2v) is 8.10. The van der Waals surface area contributed by atoms with Crippen LogP contribution in [0, 0.1) is 0 Å². The Morgan fingerprint density at radius 2 is 1.65 bits per heavy atom. The molecule has 1 aromatic heterocycles. The lowest BCUT2D eigenvalue weighted by atomic mass is 10.0. The Balaban J connectivity index is 1.53. The van der Waals surface area contributed by atoms with E-state index in [1.165, 1.54) is 14.2 Å². The average Bonchev–Trinajstić information content (AvgIpc) is 2.91. The van der Waals surface area contributed by atoms with E-state index in [1.807, 2.05) is 18.2 Å². The number of amides is 2. The van der Waals surface area contributed by atoms with Gasteiger partial charge in [-0.15, -0.1) is 0 Å². The van der Waals surface area contributed by atoms with E-state index in [2.05, 4.69) is 20.9 Å². The normalized spacial score (nSPS) is 11.2. The SMILES string of the molecule is COc1cccc(OC)c1C(=O)NC(Cc1ccc(NC(=O)CCCNc2ccccn2)cc1)C(=O)O. The number of rotatable bonds is 13. The van der Waals surface area contributed by atoms with Crippen LogP contribution in [0.25, 0.3) is 0 Å². The lowest BCUT2D eigenvalue weighted by molar-refractivity contribution is -0.139. The van der Waals surface area contributed by atoms with Crippen LogP contribution in [-0.2, 0) is 16.0 Å². The minimum Gasteiger partial charge on any atom is -0.496 e. The van der Waals surface area contributed by atoms with Gasteiger partial charge in [-0.1, -0.05) is 24.3 Å². The molecule has 0 bridgehead atoms. The van der Waals surface area contributed by atoms with Gasteiger partial charge in [0.05, 0.1) is 14.2 Å². The molecule has 0 aliphatic carbocycles. The average molecular weight is 507 g/mol. The maximum absolute atomic E-state index is 12.9. The van der Waals surface area contributed by atoms with Gasteiger partial charge in [-0.3, -0.25) is 9.59 Å². The number of ether oxygens (including phenoxy) is 2. The number of hydrogen-bond acceptors (Lipinski definition) is 7. The van der Waals surface area contributed by atoms with Crippen molar-refractivity contribution in [1.29, 1.82) is 0 Å². The van der Waals surface area contributed by atoms with Crippen LogP contribution in [0.1, 0.15) is 28.8 Å². The Bertz CT molecular complexity index is 1180. The van der Waals surface area contributed by atoms with E-state index in [1.54, 1.807) is 48.7 Å². The zero-order valence-corrected chi connectivity index (χ0v) is 20.7. The van der Waals surface area contributed by atoms with Gasteiger partial charge in [0.1, 0.15) is 28.9 Å². The molecule has 0 aliphatic heterocycles. The quantitative estimate of drug-likeness (QED) is 0.259. The van der Waals surface area contributed by atoms with Crippen molar-refractivity contribution in [3.8, 4) is 11.5 Å². The number of carbonyl (C=O) groups excluding carboxylic acids is 2. The maximum atomic E-state index is 12.9. The monoisotopic (exact) mass is 506 g/mol. The number of nitrogens with one attached hydrogen (secondary N) is 3. The molecule has 0 radical (unpaired) electrons. The van der Waals surface area contributed by atoms with E-state index >= 15 is 0 Å². The summed E-state index contributed by atoms with van der Waals surface area (Å²) in [6.45, 7) is 0.617. The second kappa shape index (κ2) is 13.5. The largest absolute Gasteiger partial charge is 0.496 e. The molecular weight excluding hydrogens is 476 g/mol. The van der Waals surface area contributed by atoms with Crippen LogP contribution >= 0.6 is 0 Å². The standard InChI is InChI=1S/C27H30N4O6/c1-36-21-7-5-8-22(37-2)25(21)26(33)31-20(27(34)35)17-18-11-13-19(14-12-18)30-24(32)10-6-16-29-23-9-3-4-15-28-23/h3-5,7-9,11-15,20H,6,10,16-17H2,1-2H3,(H,28,29)(H,30,32)(H,31,33)(H,34,35). The first-order chi connectivity index (χ1) is 17.9. The maximum Gasteiger partial charge on any atom is 0.326 e. The van der Waals surface area contributed by atoms with E-state index in [9.17, 15) is 19.5 Å². The smallest absolute Gasteiger partial charge is 0.326 e. The number of carboxylic acids is 1. The summed E-state index contributed by atoms with van der Waals surface area (Å²) in [5, 5.41) is 18.2. The molecule has 3 rings (SSSR count). The topological polar surface area (TPSA) is 139 Å². The Kier molecular flexibility index (Phi) is 9.83. The highest BCUT2D eigenvalue weighted by Gasteiger charge is 2.25. The number of anilines is 2. The van der Waals surface area contributed by atoms with Gasteiger partial charge in [-0.25, -0.2) is 9.78 Å². The van der Waals surface area contributed by atoms with E-state index in [-0.39, 0.29) is 29.4 Å². The van der Waals surface area contributed by atoms with Crippen molar-refractivity contribution in [3.63, 3.8) is 0 Å². The fraction of sp³-hybridized carbons (Fsp3) is 0.259. The first kappa shape index (κ1) is 27.0. The van der Waals surface area contributed by atoms with Gasteiger partial charge in [-0.05, 0) is 48.4 Å². The van der Waals surface area contributed by atoms with Gasteiger partial charge < -0.3 is 30.5 Å². The van der Waals surface area contributed by atoms with Gasteiger partial charge in [0.25, 0.3) is 5.91 Å². The summed E-state index contributed by atoms with van der Waals surface area (Å²) in [5.74, 6) is -0.627. The van der Waals surface area contributed by atoms with Gasteiger partial charge >= 0.3 is 5.97 Å². The van der Waals surface area contributed by atoms with Crippen LogP contribution < -0.4 is 25.4 Å². The fourth-order valence-corrected chi connectivity index (χ4v) is 3.62. The number of carboxylic acid groups (broad SMARTS) is 1. The highest BCUT2D eigenvalue weighted by molar-refractivity contribution is 6.01. The molecule has 2 aromatic carbocycles. The van der Waals surface area contributed by atoms with Crippen LogP contribution in [0.4, 0.5) is 11.5 Å². The molecule has 0 fully saturated rings. The van der Waals surface area contributed by atoms with Crippen LogP contribution in [0.2, 0.25) is 0 Å². The van der Waals surface area contributed by atoms with Gasteiger partial charge in [0.2, 0.25) is 5.91 Å². The third kappa shape index (κ3) is 7.96. The van der Waals surface area contributed by atoms with Crippen molar-refractivity contribution in [1.82, 2.24) is 10.3 Å². The minimum absolute atomic E-state index is 0.0476. The Hall–Kier alpha value is -4.60. The first-order valence-electron chi connectivity index (χ1n) is 11.7.